The van der Waals surface area contributed by atoms with E-state index in [1.165, 1.54) is 0 Å². The smallest absolute Gasteiger partial charge is 0.336 e. The summed E-state index contributed by atoms with van der Waals surface area (Å²) in [7, 11) is 0. The minimum absolute atomic E-state index is 0.231. The van der Waals surface area contributed by atoms with Crippen molar-refractivity contribution in [1.82, 2.24) is 4.90 Å². The van der Waals surface area contributed by atoms with Gasteiger partial charge in [0.1, 0.15) is 18.0 Å². The molecule has 2 aromatic rings. The summed E-state index contributed by atoms with van der Waals surface area (Å²) in [6, 6.07) is 14.7. The molecule has 0 amide bonds. The molecular weight excluding hydrogens is 318 g/mol. The Labute approximate surface area is 147 Å². The number of benzene rings is 2. The molecule has 132 valence electrons. The van der Waals surface area contributed by atoms with Crippen molar-refractivity contribution < 1.29 is 19.7 Å². The van der Waals surface area contributed by atoms with Crippen molar-refractivity contribution in [2.75, 3.05) is 19.7 Å². The minimum atomic E-state index is -0.923. The number of carbonyl (C=O) groups is 1. The number of carboxylic acid groups (broad SMARTS) is 1. The molecule has 1 fully saturated rings. The van der Waals surface area contributed by atoms with Crippen molar-refractivity contribution in [2.24, 2.45) is 0 Å². The summed E-state index contributed by atoms with van der Waals surface area (Å²) >= 11 is 0. The van der Waals surface area contributed by atoms with Crippen molar-refractivity contribution in [3.63, 3.8) is 0 Å². The van der Waals surface area contributed by atoms with Gasteiger partial charge in [0.2, 0.25) is 0 Å². The van der Waals surface area contributed by atoms with Crippen LogP contribution in [-0.2, 0) is 6.54 Å². The fraction of sp³-hybridized carbons (Fsp3) is 0.350. The van der Waals surface area contributed by atoms with E-state index in [9.17, 15) is 15.0 Å². The van der Waals surface area contributed by atoms with Crippen LogP contribution in [0.3, 0.4) is 0 Å². The second kappa shape index (κ2) is 7.25. The highest BCUT2D eigenvalue weighted by Gasteiger charge is 2.37. The molecule has 0 radical (unpaired) electrons. The molecule has 1 atom stereocenters. The zero-order valence-electron chi connectivity index (χ0n) is 14.3. The molecule has 0 saturated carbocycles. The van der Waals surface area contributed by atoms with Crippen LogP contribution in [0.25, 0.3) is 0 Å². The predicted molar refractivity (Wildman–Crippen MR) is 94.9 cm³/mol. The number of β-amino-alcohol motifs (C(OH)–C–C–N with tert-alkyl or cyclic N) is 1. The maximum absolute atomic E-state index is 11.3. The van der Waals surface area contributed by atoms with E-state index in [0.29, 0.717) is 31.6 Å². The van der Waals surface area contributed by atoms with Crippen molar-refractivity contribution >= 4 is 5.97 Å². The monoisotopic (exact) mass is 341 g/mol. The Kier molecular flexibility index (Phi) is 5.06. The van der Waals surface area contributed by atoms with Gasteiger partial charge in [0.15, 0.2) is 0 Å². The van der Waals surface area contributed by atoms with E-state index in [2.05, 4.69) is 4.90 Å². The van der Waals surface area contributed by atoms with E-state index in [1.54, 1.807) is 12.1 Å². The largest absolute Gasteiger partial charge is 0.490 e. The fourth-order valence-electron chi connectivity index (χ4n) is 3.23. The van der Waals surface area contributed by atoms with Crippen LogP contribution >= 0.6 is 0 Å². The first-order chi connectivity index (χ1) is 12.0. The van der Waals surface area contributed by atoms with Gasteiger partial charge < -0.3 is 14.9 Å². The molecule has 25 heavy (non-hydrogen) atoms. The van der Waals surface area contributed by atoms with Gasteiger partial charge in [0.05, 0.1) is 5.56 Å². The average molecular weight is 341 g/mol. The second-order valence-corrected chi connectivity index (χ2v) is 6.70. The first-order valence-electron chi connectivity index (χ1n) is 8.41. The fourth-order valence-corrected chi connectivity index (χ4v) is 3.23. The summed E-state index contributed by atoms with van der Waals surface area (Å²) in [5.41, 5.74) is 1.20. The van der Waals surface area contributed by atoms with Crippen molar-refractivity contribution in [2.45, 2.75) is 25.5 Å². The lowest BCUT2D eigenvalue weighted by molar-refractivity contribution is 0.00319. The molecule has 1 heterocycles. The van der Waals surface area contributed by atoms with E-state index in [-0.39, 0.29) is 6.61 Å². The topological polar surface area (TPSA) is 70.0 Å². The van der Waals surface area contributed by atoms with Crippen LogP contribution in [0, 0.1) is 6.92 Å². The molecule has 1 saturated heterocycles. The van der Waals surface area contributed by atoms with E-state index in [4.69, 9.17) is 4.74 Å². The number of hydrogen-bond donors (Lipinski definition) is 2. The Morgan fingerprint density at radius 1 is 1.20 bits per heavy atom. The van der Waals surface area contributed by atoms with Crippen LogP contribution in [-0.4, -0.2) is 46.4 Å². The summed E-state index contributed by atoms with van der Waals surface area (Å²) in [6.07, 6.45) is 0.605. The Hall–Kier alpha value is -2.37. The maximum Gasteiger partial charge on any atom is 0.336 e. The molecule has 1 aliphatic rings. The highest BCUT2D eigenvalue weighted by Crippen LogP contribution is 2.26. The third-order valence-electron chi connectivity index (χ3n) is 4.64. The van der Waals surface area contributed by atoms with Gasteiger partial charge in [-0.25, -0.2) is 4.79 Å². The molecule has 5 nitrogen and oxygen atoms in total. The SMILES string of the molecule is Cc1ccccc1OC[C@]1(O)CCN(Cc2ccccc2C(=O)O)C1. The molecule has 0 aromatic heterocycles. The van der Waals surface area contributed by atoms with Crippen molar-refractivity contribution in [3.05, 3.63) is 65.2 Å². The van der Waals surface area contributed by atoms with Gasteiger partial charge in [-0.2, -0.15) is 0 Å². The van der Waals surface area contributed by atoms with Gasteiger partial charge in [-0.3, -0.25) is 4.90 Å². The van der Waals surface area contributed by atoms with Crippen LogP contribution in [0.4, 0.5) is 0 Å². The van der Waals surface area contributed by atoms with Gasteiger partial charge in [0, 0.05) is 19.6 Å². The molecule has 2 aromatic carbocycles. The highest BCUT2D eigenvalue weighted by molar-refractivity contribution is 5.89. The first kappa shape index (κ1) is 17.5. The third-order valence-corrected chi connectivity index (χ3v) is 4.64. The van der Waals surface area contributed by atoms with Crippen LogP contribution in [0.2, 0.25) is 0 Å². The molecular formula is C20H23NO4. The number of carboxylic acids is 1. The van der Waals surface area contributed by atoms with E-state index in [0.717, 1.165) is 16.9 Å². The maximum atomic E-state index is 11.3. The summed E-state index contributed by atoms with van der Waals surface area (Å²) in [5.74, 6) is -0.140. The molecule has 0 bridgehead atoms. The molecule has 0 spiro atoms. The summed E-state index contributed by atoms with van der Waals surface area (Å²) in [6.45, 7) is 3.89. The Morgan fingerprint density at radius 2 is 1.92 bits per heavy atom. The number of likely N-dealkylation sites (tertiary alicyclic amines) is 1. The normalized spacial score (nSPS) is 20.6. The highest BCUT2D eigenvalue weighted by atomic mass is 16.5. The van der Waals surface area contributed by atoms with Crippen LogP contribution < -0.4 is 4.74 Å². The second-order valence-electron chi connectivity index (χ2n) is 6.70. The molecule has 2 N–H and O–H groups in total. The minimum Gasteiger partial charge on any atom is -0.490 e. The lowest BCUT2D eigenvalue weighted by Gasteiger charge is -2.24. The van der Waals surface area contributed by atoms with Crippen LogP contribution in [0.15, 0.2) is 48.5 Å². The van der Waals surface area contributed by atoms with E-state index < -0.39 is 11.6 Å². The Balaban J connectivity index is 1.61. The van der Waals surface area contributed by atoms with Crippen LogP contribution in [0.5, 0.6) is 5.75 Å². The molecule has 5 heteroatoms. The lowest BCUT2D eigenvalue weighted by Crippen LogP contribution is -2.39. The van der Waals surface area contributed by atoms with Gasteiger partial charge >= 0.3 is 5.97 Å². The van der Waals surface area contributed by atoms with Crippen molar-refractivity contribution in [1.29, 1.82) is 0 Å². The number of para-hydroxylation sites is 1. The van der Waals surface area contributed by atoms with Gasteiger partial charge in [0.25, 0.3) is 0 Å². The Morgan fingerprint density at radius 3 is 2.68 bits per heavy atom. The predicted octanol–water partition coefficient (Wildman–Crippen LogP) is 2.71. The summed E-state index contributed by atoms with van der Waals surface area (Å²) < 4.78 is 5.81. The molecule has 0 aliphatic carbocycles. The average Bonchev–Trinajstić information content (AvgIpc) is 2.96. The summed E-state index contributed by atoms with van der Waals surface area (Å²) in [5, 5.41) is 20.1. The van der Waals surface area contributed by atoms with Gasteiger partial charge in [-0.15, -0.1) is 0 Å². The molecule has 1 aliphatic heterocycles. The number of ether oxygens (including phenoxy) is 1. The number of aryl methyl sites for hydroxylation is 1. The van der Waals surface area contributed by atoms with Crippen LogP contribution in [0.1, 0.15) is 27.9 Å². The number of aliphatic hydroxyl groups is 1. The lowest BCUT2D eigenvalue weighted by atomic mass is 10.1. The number of aromatic carboxylic acids is 1. The summed E-state index contributed by atoms with van der Waals surface area (Å²) in [4.78, 5) is 13.4. The third kappa shape index (κ3) is 4.18. The first-order valence-corrected chi connectivity index (χ1v) is 8.41. The van der Waals surface area contributed by atoms with Crippen molar-refractivity contribution in [3.8, 4) is 5.75 Å². The molecule has 0 unspecified atom stereocenters. The van der Waals surface area contributed by atoms with E-state index >= 15 is 0 Å². The van der Waals surface area contributed by atoms with Gasteiger partial charge in [-0.05, 0) is 36.6 Å². The zero-order chi connectivity index (χ0) is 17.9. The standard InChI is InChI=1S/C20H23NO4/c1-15-6-2-5-9-18(15)25-14-20(24)10-11-21(13-20)12-16-7-3-4-8-17(16)19(22)23/h2-9,24H,10-14H2,1H3,(H,22,23)/t20-/m0/s1. The zero-order valence-corrected chi connectivity index (χ0v) is 14.3. The number of nitrogens with zero attached hydrogens (tertiary/aromatic N) is 1. The number of hydrogen-bond acceptors (Lipinski definition) is 4. The quantitative estimate of drug-likeness (QED) is 0.845. The number of rotatable bonds is 6. The van der Waals surface area contributed by atoms with E-state index in [1.807, 2.05) is 43.3 Å². The Bertz CT molecular complexity index is 761. The van der Waals surface area contributed by atoms with Gasteiger partial charge in [-0.1, -0.05) is 36.4 Å². The molecule has 3 rings (SSSR count).